The molecule has 25 heavy (non-hydrogen) atoms. The summed E-state index contributed by atoms with van der Waals surface area (Å²) in [7, 11) is 1.65. The first-order chi connectivity index (χ1) is 12.0. The standard InChI is InChI=1S/C18H21N3O3S/c1-10(17-21-20-11(2)25-17)19-16(22)14-9-18(14)6-7-24-15-5-4-12(23-3)8-13(15)18/h4-5,8,10,14H,6-7,9H2,1-3H3,(H,19,22)/t10-,14-,18-/m1/s1. The van der Waals surface area contributed by atoms with Crippen molar-refractivity contribution in [1.29, 1.82) is 0 Å². The molecule has 7 heteroatoms. The zero-order valence-electron chi connectivity index (χ0n) is 14.5. The monoisotopic (exact) mass is 359 g/mol. The summed E-state index contributed by atoms with van der Waals surface area (Å²) in [6.45, 7) is 4.51. The van der Waals surface area contributed by atoms with Crippen LogP contribution in [-0.2, 0) is 10.2 Å². The minimum Gasteiger partial charge on any atom is -0.497 e. The van der Waals surface area contributed by atoms with Crippen LogP contribution in [0.2, 0.25) is 0 Å². The molecule has 0 unspecified atom stereocenters. The lowest BCUT2D eigenvalue weighted by Gasteiger charge is -2.27. The molecule has 6 nitrogen and oxygen atoms in total. The highest BCUT2D eigenvalue weighted by molar-refractivity contribution is 7.11. The van der Waals surface area contributed by atoms with E-state index in [1.165, 1.54) is 11.3 Å². The highest BCUT2D eigenvalue weighted by atomic mass is 32.1. The molecule has 1 aliphatic heterocycles. The number of benzene rings is 1. The largest absolute Gasteiger partial charge is 0.497 e. The second-order valence-corrected chi connectivity index (χ2v) is 7.98. The van der Waals surface area contributed by atoms with Crippen LogP contribution in [0.3, 0.4) is 0 Å². The Morgan fingerprint density at radius 1 is 1.48 bits per heavy atom. The Kier molecular flexibility index (Phi) is 3.91. The lowest BCUT2D eigenvalue weighted by atomic mass is 9.87. The third kappa shape index (κ3) is 2.76. The Hall–Kier alpha value is -2.15. The Bertz CT molecular complexity index is 822. The van der Waals surface area contributed by atoms with E-state index >= 15 is 0 Å². The maximum atomic E-state index is 12.8. The normalized spacial score (nSPS) is 25.0. The summed E-state index contributed by atoms with van der Waals surface area (Å²) in [5.41, 5.74) is 0.973. The quantitative estimate of drug-likeness (QED) is 0.909. The first-order valence-corrected chi connectivity index (χ1v) is 9.27. The number of methoxy groups -OCH3 is 1. The van der Waals surface area contributed by atoms with E-state index in [0.29, 0.717) is 6.61 Å². The van der Waals surface area contributed by atoms with Gasteiger partial charge in [0.25, 0.3) is 0 Å². The average molecular weight is 359 g/mol. The van der Waals surface area contributed by atoms with Gasteiger partial charge in [0.1, 0.15) is 21.5 Å². The molecule has 3 atom stereocenters. The minimum absolute atomic E-state index is 0.0290. The number of nitrogens with zero attached hydrogens (tertiary/aromatic N) is 2. The summed E-state index contributed by atoms with van der Waals surface area (Å²) in [5.74, 6) is 1.72. The molecule has 2 aliphatic rings. The molecule has 2 heterocycles. The molecule has 1 aromatic carbocycles. The molecule has 1 aliphatic carbocycles. The molecule has 1 N–H and O–H groups in total. The third-order valence-corrected chi connectivity index (χ3v) is 6.21. The van der Waals surface area contributed by atoms with E-state index < -0.39 is 0 Å². The number of hydrogen-bond acceptors (Lipinski definition) is 6. The lowest BCUT2D eigenvalue weighted by molar-refractivity contribution is -0.123. The van der Waals surface area contributed by atoms with Crippen LogP contribution in [0, 0.1) is 12.8 Å². The predicted octanol–water partition coefficient (Wildman–Crippen LogP) is 2.77. The molecule has 0 saturated heterocycles. The Morgan fingerprint density at radius 3 is 3.04 bits per heavy atom. The van der Waals surface area contributed by atoms with Crippen molar-refractivity contribution in [2.75, 3.05) is 13.7 Å². The Morgan fingerprint density at radius 2 is 2.32 bits per heavy atom. The Labute approximate surface area is 150 Å². The van der Waals surface area contributed by atoms with E-state index in [4.69, 9.17) is 9.47 Å². The maximum Gasteiger partial charge on any atom is 0.224 e. The highest BCUT2D eigenvalue weighted by Crippen LogP contribution is 2.61. The van der Waals surface area contributed by atoms with Crippen LogP contribution in [-0.4, -0.2) is 29.8 Å². The summed E-state index contributed by atoms with van der Waals surface area (Å²) in [5, 5.41) is 13.0. The number of amides is 1. The van der Waals surface area contributed by atoms with Crippen molar-refractivity contribution >= 4 is 17.2 Å². The number of aryl methyl sites for hydroxylation is 1. The van der Waals surface area contributed by atoms with Gasteiger partial charge in [-0.25, -0.2) is 0 Å². The molecular formula is C18H21N3O3S. The highest BCUT2D eigenvalue weighted by Gasteiger charge is 2.61. The van der Waals surface area contributed by atoms with Gasteiger partial charge in [-0.2, -0.15) is 0 Å². The average Bonchev–Trinajstić information content (AvgIpc) is 3.16. The van der Waals surface area contributed by atoms with Crippen LogP contribution in [0.1, 0.15) is 41.4 Å². The number of carbonyl (C=O) groups is 1. The van der Waals surface area contributed by atoms with Gasteiger partial charge in [-0.1, -0.05) is 11.3 Å². The molecule has 1 amide bonds. The van der Waals surface area contributed by atoms with Crippen LogP contribution < -0.4 is 14.8 Å². The first-order valence-electron chi connectivity index (χ1n) is 8.45. The van der Waals surface area contributed by atoms with E-state index in [1.807, 2.05) is 32.0 Å². The van der Waals surface area contributed by atoms with Crippen molar-refractivity contribution in [3.05, 3.63) is 33.8 Å². The van der Waals surface area contributed by atoms with Gasteiger partial charge in [0.15, 0.2) is 0 Å². The summed E-state index contributed by atoms with van der Waals surface area (Å²) in [6, 6.07) is 5.73. The molecule has 1 fully saturated rings. The van der Waals surface area contributed by atoms with Gasteiger partial charge in [0.05, 0.1) is 19.8 Å². The van der Waals surface area contributed by atoms with Crippen molar-refractivity contribution in [3.8, 4) is 11.5 Å². The van der Waals surface area contributed by atoms with Gasteiger partial charge in [0.2, 0.25) is 5.91 Å². The molecule has 0 bridgehead atoms. The van der Waals surface area contributed by atoms with E-state index in [-0.39, 0.29) is 23.3 Å². The van der Waals surface area contributed by atoms with Crippen molar-refractivity contribution in [2.24, 2.45) is 5.92 Å². The van der Waals surface area contributed by atoms with Crippen molar-refractivity contribution in [3.63, 3.8) is 0 Å². The SMILES string of the molecule is COc1ccc2c(c1)[C@@]1(CCO2)C[C@@H]1C(=O)N[C@H](C)c1nnc(C)s1. The van der Waals surface area contributed by atoms with Crippen LogP contribution >= 0.6 is 11.3 Å². The zero-order chi connectivity index (χ0) is 17.6. The van der Waals surface area contributed by atoms with Crippen LogP contribution in [0.5, 0.6) is 11.5 Å². The second kappa shape index (κ2) is 5.98. The van der Waals surface area contributed by atoms with E-state index in [9.17, 15) is 4.79 Å². The molecule has 2 aromatic rings. The van der Waals surface area contributed by atoms with Crippen LogP contribution in [0.25, 0.3) is 0 Å². The summed E-state index contributed by atoms with van der Waals surface area (Å²) in [4.78, 5) is 12.8. The molecule has 1 aromatic heterocycles. The maximum absolute atomic E-state index is 12.8. The summed E-state index contributed by atoms with van der Waals surface area (Å²) in [6.07, 6.45) is 1.71. The fourth-order valence-electron chi connectivity index (χ4n) is 3.71. The number of hydrogen-bond donors (Lipinski definition) is 1. The topological polar surface area (TPSA) is 73.3 Å². The number of rotatable bonds is 4. The van der Waals surface area contributed by atoms with Crippen LogP contribution in [0.15, 0.2) is 18.2 Å². The van der Waals surface area contributed by atoms with Crippen molar-refractivity contribution < 1.29 is 14.3 Å². The van der Waals surface area contributed by atoms with Gasteiger partial charge < -0.3 is 14.8 Å². The van der Waals surface area contributed by atoms with Gasteiger partial charge in [-0.3, -0.25) is 4.79 Å². The number of ether oxygens (including phenoxy) is 2. The van der Waals surface area contributed by atoms with Gasteiger partial charge in [0, 0.05) is 16.9 Å². The van der Waals surface area contributed by atoms with Gasteiger partial charge in [-0.15, -0.1) is 10.2 Å². The Balaban J connectivity index is 1.52. The third-order valence-electron chi connectivity index (χ3n) is 5.19. The van der Waals surface area contributed by atoms with E-state index in [2.05, 4.69) is 15.5 Å². The molecule has 0 radical (unpaired) electrons. The fraction of sp³-hybridized carbons (Fsp3) is 0.500. The number of nitrogens with one attached hydrogen (secondary N) is 1. The molecular weight excluding hydrogens is 338 g/mol. The van der Waals surface area contributed by atoms with E-state index in [1.54, 1.807) is 7.11 Å². The fourth-order valence-corrected chi connectivity index (χ4v) is 4.42. The summed E-state index contributed by atoms with van der Waals surface area (Å²) < 4.78 is 11.1. The van der Waals surface area contributed by atoms with Crippen molar-refractivity contribution in [1.82, 2.24) is 15.5 Å². The van der Waals surface area contributed by atoms with E-state index in [0.717, 1.165) is 39.9 Å². The first kappa shape index (κ1) is 16.3. The second-order valence-electron chi connectivity index (χ2n) is 6.76. The smallest absolute Gasteiger partial charge is 0.224 e. The number of aromatic nitrogens is 2. The van der Waals surface area contributed by atoms with Gasteiger partial charge in [-0.05, 0) is 44.9 Å². The molecule has 132 valence electrons. The van der Waals surface area contributed by atoms with Crippen molar-refractivity contribution in [2.45, 2.75) is 38.1 Å². The van der Waals surface area contributed by atoms with Crippen LogP contribution in [0.4, 0.5) is 0 Å². The number of fused-ring (bicyclic) bond motifs is 2. The van der Waals surface area contributed by atoms with Gasteiger partial charge >= 0.3 is 0 Å². The predicted molar refractivity (Wildman–Crippen MR) is 94.1 cm³/mol. The molecule has 1 spiro atoms. The summed E-state index contributed by atoms with van der Waals surface area (Å²) >= 11 is 1.52. The number of carbonyl (C=O) groups excluding carboxylic acids is 1. The lowest BCUT2D eigenvalue weighted by Crippen LogP contribution is -2.32. The molecule has 4 rings (SSSR count). The molecule has 1 saturated carbocycles. The zero-order valence-corrected chi connectivity index (χ0v) is 15.4. The minimum atomic E-state index is -0.124.